The quantitative estimate of drug-likeness (QED) is 0.384. The Labute approximate surface area is 129 Å². The minimum Gasteiger partial charge on any atom is -0.112 e. The van der Waals surface area contributed by atoms with Crippen LogP contribution in [0.2, 0.25) is 19.6 Å². The van der Waals surface area contributed by atoms with Crippen molar-refractivity contribution in [2.24, 2.45) is 0 Å². The van der Waals surface area contributed by atoms with E-state index >= 15 is 0 Å². The van der Waals surface area contributed by atoms with E-state index in [1.54, 1.807) is 0 Å². The molecule has 0 heterocycles. The summed E-state index contributed by atoms with van der Waals surface area (Å²) in [6.45, 7) is 6.99. The van der Waals surface area contributed by atoms with Crippen molar-refractivity contribution in [3.8, 4) is 0 Å². The molecule has 0 saturated carbocycles. The average molecular weight is 290 g/mol. The van der Waals surface area contributed by atoms with Gasteiger partial charge in [-0.1, -0.05) is 92.1 Å². The van der Waals surface area contributed by atoms with Gasteiger partial charge in [-0.2, -0.15) is 0 Å². The Bertz CT molecular complexity index is 610. The minimum absolute atomic E-state index is 1.14. The molecule has 0 unspecified atom stereocenters. The van der Waals surface area contributed by atoms with Gasteiger partial charge >= 0.3 is 0 Å². The predicted octanol–water partition coefficient (Wildman–Crippen LogP) is 5.71. The van der Waals surface area contributed by atoms with Crippen molar-refractivity contribution in [1.82, 2.24) is 0 Å². The van der Waals surface area contributed by atoms with Gasteiger partial charge in [0.2, 0.25) is 0 Å². The molecule has 0 aliphatic heterocycles. The molecular weight excluding hydrogens is 268 g/mol. The van der Waals surface area contributed by atoms with E-state index in [2.05, 4.69) is 85.7 Å². The molecule has 21 heavy (non-hydrogen) atoms. The number of rotatable bonds is 4. The molecule has 0 aliphatic carbocycles. The van der Waals surface area contributed by atoms with E-state index < -0.39 is 8.07 Å². The number of hydrogen-bond donors (Lipinski definition) is 0. The molecule has 2 rings (SSSR count). The van der Waals surface area contributed by atoms with Gasteiger partial charge in [0.15, 0.2) is 0 Å². The molecule has 0 N–H and O–H groups in total. The van der Waals surface area contributed by atoms with E-state index in [4.69, 9.17) is 0 Å². The van der Waals surface area contributed by atoms with Crippen LogP contribution >= 0.6 is 0 Å². The summed E-state index contributed by atoms with van der Waals surface area (Å²) in [5.41, 5.74) is 9.31. The van der Waals surface area contributed by atoms with Crippen LogP contribution < -0.4 is 0 Å². The van der Waals surface area contributed by atoms with E-state index in [9.17, 15) is 0 Å². The second-order valence-electron chi connectivity index (χ2n) is 6.14. The highest BCUT2D eigenvalue weighted by Crippen LogP contribution is 2.21. The largest absolute Gasteiger partial charge is 0.112 e. The lowest BCUT2D eigenvalue weighted by Crippen LogP contribution is -2.14. The van der Waals surface area contributed by atoms with Crippen LogP contribution in [0, 0.1) is 0 Å². The molecule has 0 aromatic heterocycles. The normalized spacial score (nSPS) is 11.2. The zero-order chi connectivity index (χ0) is 15.1. The summed E-state index contributed by atoms with van der Waals surface area (Å²) >= 11 is 0. The maximum absolute atomic E-state index is 3.45. The lowest BCUT2D eigenvalue weighted by molar-refractivity contribution is 1.55. The van der Waals surface area contributed by atoms with Gasteiger partial charge in [-0.3, -0.25) is 0 Å². The van der Waals surface area contributed by atoms with Crippen LogP contribution in [0.5, 0.6) is 0 Å². The first-order valence-corrected chi connectivity index (χ1v) is 10.9. The molecule has 2 aromatic carbocycles. The summed E-state index contributed by atoms with van der Waals surface area (Å²) in [5, 5.41) is 0. The summed E-state index contributed by atoms with van der Waals surface area (Å²) in [7, 11) is -1.15. The molecule has 1 heteroatoms. The number of allylic oxidation sites excluding steroid dienone is 2. The second kappa shape index (κ2) is 7.08. The third kappa shape index (κ3) is 5.07. The fourth-order valence-corrected chi connectivity index (χ4v) is 2.68. The van der Waals surface area contributed by atoms with Crippen LogP contribution in [0.25, 0.3) is 5.57 Å². The SMILES string of the molecule is C[Si](C)(C)/C=C/C=C=C(c1ccccc1)c1ccccc1. The molecule has 0 saturated heterocycles. The van der Waals surface area contributed by atoms with Crippen molar-refractivity contribution in [1.29, 1.82) is 0 Å². The maximum atomic E-state index is 3.45. The zero-order valence-electron chi connectivity index (χ0n) is 13.0. The summed E-state index contributed by atoms with van der Waals surface area (Å²) in [4.78, 5) is 0. The Hall–Kier alpha value is -2.08. The van der Waals surface area contributed by atoms with Crippen LogP contribution in [0.4, 0.5) is 0 Å². The number of hydrogen-bond acceptors (Lipinski definition) is 0. The van der Waals surface area contributed by atoms with E-state index in [1.807, 2.05) is 18.2 Å². The van der Waals surface area contributed by atoms with E-state index in [-0.39, 0.29) is 0 Å². The maximum Gasteiger partial charge on any atom is 0.0687 e. The smallest absolute Gasteiger partial charge is 0.0687 e. The summed E-state index contributed by atoms with van der Waals surface area (Å²) in [5.74, 6) is 0. The van der Waals surface area contributed by atoms with Gasteiger partial charge < -0.3 is 0 Å². The zero-order valence-corrected chi connectivity index (χ0v) is 14.0. The van der Waals surface area contributed by atoms with Crippen LogP contribution in [0.1, 0.15) is 11.1 Å². The first kappa shape index (κ1) is 15.3. The van der Waals surface area contributed by atoms with Gasteiger partial charge in [-0.25, -0.2) is 0 Å². The summed E-state index contributed by atoms with van der Waals surface area (Å²) in [6.07, 6.45) is 4.17. The molecule has 0 radical (unpaired) electrons. The van der Waals surface area contributed by atoms with Gasteiger partial charge in [0.1, 0.15) is 0 Å². The first-order chi connectivity index (χ1) is 10.1. The van der Waals surface area contributed by atoms with Crippen molar-refractivity contribution in [2.75, 3.05) is 0 Å². The fourth-order valence-electron chi connectivity index (χ4n) is 2.01. The van der Waals surface area contributed by atoms with Crippen LogP contribution in [0.15, 0.2) is 84.2 Å². The monoisotopic (exact) mass is 290 g/mol. The molecule has 0 nitrogen and oxygen atoms in total. The summed E-state index contributed by atoms with van der Waals surface area (Å²) in [6, 6.07) is 20.9. The van der Waals surface area contributed by atoms with E-state index in [0.29, 0.717) is 0 Å². The van der Waals surface area contributed by atoms with Crippen LogP contribution in [-0.4, -0.2) is 8.07 Å². The third-order valence-electron chi connectivity index (χ3n) is 3.05. The Morgan fingerprint density at radius 3 is 1.71 bits per heavy atom. The Balaban J connectivity index is 2.43. The third-order valence-corrected chi connectivity index (χ3v) is 4.24. The standard InChI is InChI=1S/C20H22Si/c1-21(2,3)17-11-10-16-20(18-12-6-4-7-13-18)19-14-8-5-9-15-19/h4-15,17H,1-3H3/b17-11+. The molecule has 0 bridgehead atoms. The second-order valence-corrected chi connectivity index (χ2v) is 11.2. The van der Waals surface area contributed by atoms with Gasteiger partial charge in [0.05, 0.1) is 8.07 Å². The molecule has 0 aliphatic rings. The number of benzene rings is 2. The lowest BCUT2D eigenvalue weighted by Gasteiger charge is -2.07. The van der Waals surface area contributed by atoms with Gasteiger partial charge in [0.25, 0.3) is 0 Å². The Kier molecular flexibility index (Phi) is 5.16. The molecule has 0 atom stereocenters. The van der Waals surface area contributed by atoms with Crippen LogP contribution in [-0.2, 0) is 0 Å². The average Bonchev–Trinajstić information content (AvgIpc) is 2.48. The van der Waals surface area contributed by atoms with Crippen molar-refractivity contribution >= 4 is 13.6 Å². The van der Waals surface area contributed by atoms with Gasteiger partial charge in [0, 0.05) is 5.57 Å². The van der Waals surface area contributed by atoms with Gasteiger partial charge in [-0.15, -0.1) is 5.73 Å². The fraction of sp³-hybridized carbons (Fsp3) is 0.150. The summed E-state index contributed by atoms with van der Waals surface area (Å²) < 4.78 is 0. The van der Waals surface area contributed by atoms with Crippen LogP contribution in [0.3, 0.4) is 0 Å². The molecule has 2 aromatic rings. The minimum atomic E-state index is -1.15. The topological polar surface area (TPSA) is 0 Å². The van der Waals surface area contributed by atoms with Crippen molar-refractivity contribution in [3.63, 3.8) is 0 Å². The molecule has 0 fully saturated rings. The molecular formula is C20H22Si. The molecule has 0 amide bonds. The van der Waals surface area contributed by atoms with Gasteiger partial charge in [-0.05, 0) is 17.2 Å². The molecule has 0 spiro atoms. The first-order valence-electron chi connectivity index (χ1n) is 7.32. The predicted molar refractivity (Wildman–Crippen MR) is 96.0 cm³/mol. The highest BCUT2D eigenvalue weighted by Gasteiger charge is 2.05. The Morgan fingerprint density at radius 1 is 0.810 bits per heavy atom. The van der Waals surface area contributed by atoms with Crippen molar-refractivity contribution < 1.29 is 0 Å². The molecule has 106 valence electrons. The van der Waals surface area contributed by atoms with Crippen molar-refractivity contribution in [2.45, 2.75) is 19.6 Å². The van der Waals surface area contributed by atoms with Crippen molar-refractivity contribution in [3.05, 3.63) is 95.4 Å². The lowest BCUT2D eigenvalue weighted by atomic mass is 9.99. The van der Waals surface area contributed by atoms with E-state index in [0.717, 1.165) is 5.57 Å². The van der Waals surface area contributed by atoms with E-state index in [1.165, 1.54) is 11.1 Å². The highest BCUT2D eigenvalue weighted by molar-refractivity contribution is 6.80. The highest BCUT2D eigenvalue weighted by atomic mass is 28.3. The Morgan fingerprint density at radius 2 is 1.29 bits per heavy atom.